The van der Waals surface area contributed by atoms with E-state index in [-0.39, 0.29) is 11.9 Å². The molecule has 0 spiro atoms. The van der Waals surface area contributed by atoms with Crippen LogP contribution in [0.25, 0.3) is 0 Å². The number of methoxy groups -OCH3 is 1. The van der Waals surface area contributed by atoms with Gasteiger partial charge >= 0.3 is 6.03 Å². The topological polar surface area (TPSA) is 65.0 Å². The molecule has 1 aliphatic heterocycles. The molecule has 1 heterocycles. The van der Waals surface area contributed by atoms with Gasteiger partial charge in [0.15, 0.2) is 0 Å². The van der Waals surface area contributed by atoms with E-state index >= 15 is 0 Å². The normalized spacial score (nSPS) is 22.2. The van der Waals surface area contributed by atoms with Gasteiger partial charge in [-0.15, -0.1) is 0 Å². The maximum absolute atomic E-state index is 12.7. The molecule has 2 aromatic rings. The van der Waals surface area contributed by atoms with Gasteiger partial charge in [0.2, 0.25) is 0 Å². The van der Waals surface area contributed by atoms with Crippen LogP contribution in [0, 0.1) is 5.92 Å². The molecular weight excluding hydrogens is 354 g/mol. The average molecular weight is 383 g/mol. The number of piperidine rings is 1. The average Bonchev–Trinajstić information content (AvgIpc) is 2.70. The summed E-state index contributed by atoms with van der Waals surface area (Å²) in [6.45, 7) is 1.63. The third-order valence-electron chi connectivity index (χ3n) is 5.35. The molecule has 28 heavy (non-hydrogen) atoms. The number of aliphatic hydroxyl groups is 1. The number of anilines is 1. The highest BCUT2D eigenvalue weighted by atomic mass is 16.5. The van der Waals surface area contributed by atoms with Gasteiger partial charge in [0.1, 0.15) is 5.75 Å². The third-order valence-corrected chi connectivity index (χ3v) is 5.35. The van der Waals surface area contributed by atoms with Crippen molar-refractivity contribution in [1.82, 2.24) is 9.80 Å². The largest absolute Gasteiger partial charge is 0.497 e. The van der Waals surface area contributed by atoms with Gasteiger partial charge in [-0.1, -0.05) is 30.3 Å². The zero-order valence-electron chi connectivity index (χ0n) is 16.8. The van der Waals surface area contributed by atoms with E-state index in [4.69, 9.17) is 4.74 Å². The number of carbonyl (C=O) groups excluding carboxylic acids is 1. The molecule has 0 bridgehead atoms. The minimum absolute atomic E-state index is 0.120. The zero-order valence-corrected chi connectivity index (χ0v) is 16.8. The molecule has 2 aromatic carbocycles. The maximum atomic E-state index is 12.7. The molecule has 1 aliphatic rings. The smallest absolute Gasteiger partial charge is 0.321 e. The lowest BCUT2D eigenvalue weighted by molar-refractivity contribution is -0.0750. The number of amides is 2. The Labute approximate surface area is 166 Å². The van der Waals surface area contributed by atoms with Crippen molar-refractivity contribution in [2.24, 2.45) is 5.92 Å². The van der Waals surface area contributed by atoms with E-state index in [1.54, 1.807) is 12.0 Å². The lowest BCUT2D eigenvalue weighted by Gasteiger charge is -2.45. The second-order valence-electron chi connectivity index (χ2n) is 7.61. The molecular formula is C22H29N3O3. The lowest BCUT2D eigenvalue weighted by Crippen LogP contribution is -2.55. The van der Waals surface area contributed by atoms with Gasteiger partial charge in [0.25, 0.3) is 0 Å². The quantitative estimate of drug-likeness (QED) is 0.833. The molecule has 2 atom stereocenters. The number of nitrogens with zero attached hydrogens (tertiary/aromatic N) is 2. The predicted octanol–water partition coefficient (Wildman–Crippen LogP) is 3.00. The summed E-state index contributed by atoms with van der Waals surface area (Å²) in [4.78, 5) is 16.6. The first kappa shape index (κ1) is 20.2. The number of nitrogens with one attached hydrogen (secondary N) is 1. The van der Waals surface area contributed by atoms with E-state index in [0.717, 1.165) is 17.0 Å². The minimum Gasteiger partial charge on any atom is -0.497 e. The Morgan fingerprint density at radius 2 is 2.00 bits per heavy atom. The van der Waals surface area contributed by atoms with Crippen molar-refractivity contribution in [3.63, 3.8) is 0 Å². The molecule has 2 N–H and O–H groups in total. The van der Waals surface area contributed by atoms with Gasteiger partial charge in [0.05, 0.1) is 12.7 Å². The predicted molar refractivity (Wildman–Crippen MR) is 111 cm³/mol. The monoisotopic (exact) mass is 383 g/mol. The van der Waals surface area contributed by atoms with Gasteiger partial charge in [-0.25, -0.2) is 4.79 Å². The molecule has 2 amide bonds. The Morgan fingerprint density at radius 3 is 2.68 bits per heavy atom. The van der Waals surface area contributed by atoms with Crippen LogP contribution >= 0.6 is 0 Å². The van der Waals surface area contributed by atoms with E-state index in [1.807, 2.05) is 68.7 Å². The molecule has 3 rings (SSSR count). The fraction of sp³-hybridized carbons (Fsp3) is 0.409. The fourth-order valence-corrected chi connectivity index (χ4v) is 3.85. The second-order valence-corrected chi connectivity index (χ2v) is 7.61. The molecule has 2 unspecified atom stereocenters. The fourth-order valence-electron chi connectivity index (χ4n) is 3.85. The Kier molecular flexibility index (Phi) is 6.21. The van der Waals surface area contributed by atoms with Crippen LogP contribution in [0.3, 0.4) is 0 Å². The highest BCUT2D eigenvalue weighted by molar-refractivity contribution is 5.89. The summed E-state index contributed by atoms with van der Waals surface area (Å²) in [7, 11) is 5.58. The highest BCUT2D eigenvalue weighted by Crippen LogP contribution is 2.39. The number of hydrogen-bond donors (Lipinski definition) is 2. The second kappa shape index (κ2) is 8.63. The standard InChI is InChI=1S/C22H29N3O3/c1-24(2)15-18-16-25(21(26)23-19-9-5-4-6-10-19)13-12-22(18,27)17-8-7-11-20(14-17)28-3/h4-11,14,18,27H,12-13,15-16H2,1-3H3,(H,23,26). The van der Waals surface area contributed by atoms with Gasteiger partial charge in [-0.05, 0) is 50.3 Å². The van der Waals surface area contributed by atoms with E-state index in [9.17, 15) is 9.90 Å². The van der Waals surface area contributed by atoms with Gasteiger partial charge in [-0.3, -0.25) is 0 Å². The molecule has 0 aromatic heterocycles. The Balaban J connectivity index is 1.80. The van der Waals surface area contributed by atoms with Crippen LogP contribution in [0.2, 0.25) is 0 Å². The summed E-state index contributed by atoms with van der Waals surface area (Å²) in [6, 6.07) is 16.9. The van der Waals surface area contributed by atoms with Crippen molar-refractivity contribution in [2.45, 2.75) is 12.0 Å². The lowest BCUT2D eigenvalue weighted by atomic mass is 9.75. The van der Waals surface area contributed by atoms with Crippen LogP contribution in [-0.4, -0.2) is 61.8 Å². The van der Waals surface area contributed by atoms with Crippen molar-refractivity contribution in [2.75, 3.05) is 46.2 Å². The number of urea groups is 1. The van der Waals surface area contributed by atoms with Crippen LogP contribution in [-0.2, 0) is 5.60 Å². The van der Waals surface area contributed by atoms with E-state index in [0.29, 0.717) is 26.1 Å². The van der Waals surface area contributed by atoms with Crippen LogP contribution in [0.5, 0.6) is 5.75 Å². The number of benzene rings is 2. The number of rotatable bonds is 5. The number of carbonyl (C=O) groups is 1. The molecule has 6 heteroatoms. The summed E-state index contributed by atoms with van der Waals surface area (Å²) in [5.74, 6) is 0.601. The van der Waals surface area contributed by atoms with Crippen molar-refractivity contribution in [3.05, 3.63) is 60.2 Å². The first-order valence-electron chi connectivity index (χ1n) is 9.55. The van der Waals surface area contributed by atoms with Gasteiger partial charge < -0.3 is 25.0 Å². The highest BCUT2D eigenvalue weighted by Gasteiger charge is 2.44. The van der Waals surface area contributed by atoms with Crippen LogP contribution in [0.15, 0.2) is 54.6 Å². The zero-order chi connectivity index (χ0) is 20.1. The minimum atomic E-state index is -1.01. The van der Waals surface area contributed by atoms with E-state index in [2.05, 4.69) is 10.2 Å². The van der Waals surface area contributed by atoms with E-state index in [1.165, 1.54) is 0 Å². The van der Waals surface area contributed by atoms with Gasteiger partial charge in [0, 0.05) is 31.2 Å². The van der Waals surface area contributed by atoms with Crippen molar-refractivity contribution in [3.8, 4) is 5.75 Å². The number of para-hydroxylation sites is 1. The van der Waals surface area contributed by atoms with E-state index < -0.39 is 5.60 Å². The third kappa shape index (κ3) is 4.46. The number of ether oxygens (including phenoxy) is 1. The molecule has 6 nitrogen and oxygen atoms in total. The molecule has 1 fully saturated rings. The molecule has 0 aliphatic carbocycles. The summed E-state index contributed by atoms with van der Waals surface area (Å²) in [6.07, 6.45) is 0.473. The summed E-state index contributed by atoms with van der Waals surface area (Å²) < 4.78 is 5.34. The first-order chi connectivity index (χ1) is 13.4. The SMILES string of the molecule is COc1cccc(C2(O)CCN(C(=O)Nc3ccccc3)CC2CN(C)C)c1. The summed E-state index contributed by atoms with van der Waals surface area (Å²) in [5.41, 5.74) is 0.592. The Hall–Kier alpha value is -2.57. The summed E-state index contributed by atoms with van der Waals surface area (Å²) >= 11 is 0. The molecule has 0 saturated carbocycles. The van der Waals surface area contributed by atoms with Crippen molar-refractivity contribution in [1.29, 1.82) is 0 Å². The molecule has 0 radical (unpaired) electrons. The van der Waals surface area contributed by atoms with Crippen molar-refractivity contribution >= 4 is 11.7 Å². The Bertz CT molecular complexity index is 797. The van der Waals surface area contributed by atoms with Gasteiger partial charge in [-0.2, -0.15) is 0 Å². The molecule has 1 saturated heterocycles. The van der Waals surface area contributed by atoms with Crippen molar-refractivity contribution < 1.29 is 14.6 Å². The maximum Gasteiger partial charge on any atom is 0.321 e. The first-order valence-corrected chi connectivity index (χ1v) is 9.55. The van der Waals surface area contributed by atoms with Crippen LogP contribution in [0.1, 0.15) is 12.0 Å². The number of likely N-dealkylation sites (tertiary alicyclic amines) is 1. The van der Waals surface area contributed by atoms with Crippen LogP contribution in [0.4, 0.5) is 10.5 Å². The number of hydrogen-bond acceptors (Lipinski definition) is 4. The van der Waals surface area contributed by atoms with Crippen LogP contribution < -0.4 is 10.1 Å². The summed E-state index contributed by atoms with van der Waals surface area (Å²) in [5, 5.41) is 14.6. The molecule has 150 valence electrons. The Morgan fingerprint density at radius 1 is 1.25 bits per heavy atom.